The van der Waals surface area contributed by atoms with Gasteiger partial charge < -0.3 is 10.2 Å². The number of nitrogens with zero attached hydrogens (tertiary/aromatic N) is 1. The van der Waals surface area contributed by atoms with Gasteiger partial charge in [-0.2, -0.15) is 0 Å². The molecule has 2 nitrogen and oxygen atoms in total. The van der Waals surface area contributed by atoms with E-state index in [4.69, 9.17) is 6.58 Å². The second-order valence-electron chi connectivity index (χ2n) is 23.9. The SMILES string of the molecule is C=C/C=C\C=Cc1ccc2c(c1)N(/C1=C/C(=C)C(C)(C)CCC(C)(C)C=C1C)c1cc(-c3ccccc3C)c(C)c(-c3ccc4c(c3Nc3ccc5c(c3)C(C)(C)CCC5(C)C)Cc3ccccc3-4)c1B2. The highest BCUT2D eigenvalue weighted by molar-refractivity contribution is 6.73. The first-order valence-electron chi connectivity index (χ1n) is 26.2. The van der Waals surface area contributed by atoms with Crippen LogP contribution in [0.2, 0.25) is 0 Å². The second kappa shape index (κ2) is 17.9. The second-order valence-corrected chi connectivity index (χ2v) is 23.9. The molecule has 0 unspecified atom stereocenters. The van der Waals surface area contributed by atoms with E-state index in [9.17, 15) is 0 Å². The highest BCUT2D eigenvalue weighted by Gasteiger charge is 2.39. The van der Waals surface area contributed by atoms with Gasteiger partial charge in [-0.05, 0) is 182 Å². The van der Waals surface area contributed by atoms with E-state index >= 15 is 0 Å². The van der Waals surface area contributed by atoms with Crippen LogP contribution in [-0.2, 0) is 17.3 Å². The van der Waals surface area contributed by atoms with Gasteiger partial charge in [0.1, 0.15) is 0 Å². The van der Waals surface area contributed by atoms with Crippen molar-refractivity contribution in [1.82, 2.24) is 0 Å². The zero-order chi connectivity index (χ0) is 50.2. The summed E-state index contributed by atoms with van der Waals surface area (Å²) in [5.74, 6) is 0. The normalized spacial score (nSPS) is 18.9. The van der Waals surface area contributed by atoms with Gasteiger partial charge in [-0.3, -0.25) is 0 Å². The van der Waals surface area contributed by atoms with Crippen molar-refractivity contribution < 1.29 is 0 Å². The Kier molecular flexibility index (Phi) is 12.1. The van der Waals surface area contributed by atoms with E-state index in [0.29, 0.717) is 0 Å². The first-order chi connectivity index (χ1) is 33.8. The lowest BCUT2D eigenvalue weighted by atomic mass is 9.57. The molecule has 6 aromatic carbocycles. The van der Waals surface area contributed by atoms with Crippen molar-refractivity contribution in [3.8, 4) is 33.4 Å². The molecule has 0 radical (unpaired) electrons. The molecule has 1 heterocycles. The zero-order valence-electron chi connectivity index (χ0n) is 44.5. The van der Waals surface area contributed by atoms with Gasteiger partial charge in [-0.1, -0.05) is 189 Å². The molecule has 0 bridgehead atoms. The van der Waals surface area contributed by atoms with Crippen LogP contribution in [0, 0.1) is 24.7 Å². The molecule has 0 amide bonds. The van der Waals surface area contributed by atoms with E-state index in [1.165, 1.54) is 119 Å². The molecule has 358 valence electrons. The fourth-order valence-corrected chi connectivity index (χ4v) is 12.3. The number of hydrogen-bond donors (Lipinski definition) is 1. The lowest BCUT2D eigenvalue weighted by molar-refractivity contribution is 0.322. The summed E-state index contributed by atoms with van der Waals surface area (Å²) in [6.45, 7) is 35.0. The van der Waals surface area contributed by atoms with Gasteiger partial charge in [-0.15, -0.1) is 0 Å². The summed E-state index contributed by atoms with van der Waals surface area (Å²) < 4.78 is 0. The van der Waals surface area contributed by atoms with Crippen molar-refractivity contribution in [2.24, 2.45) is 10.8 Å². The van der Waals surface area contributed by atoms with Gasteiger partial charge in [0.25, 0.3) is 0 Å². The number of benzene rings is 6. The molecule has 0 saturated heterocycles. The van der Waals surface area contributed by atoms with Crippen molar-refractivity contribution in [3.05, 3.63) is 209 Å². The molecule has 4 aliphatic rings. The van der Waals surface area contributed by atoms with Crippen LogP contribution >= 0.6 is 0 Å². The number of anilines is 4. The van der Waals surface area contributed by atoms with Crippen LogP contribution in [0.25, 0.3) is 39.5 Å². The summed E-state index contributed by atoms with van der Waals surface area (Å²) in [6, 6.07) is 39.7. The van der Waals surface area contributed by atoms with E-state index in [-0.39, 0.29) is 21.7 Å². The Hall–Kier alpha value is -6.58. The van der Waals surface area contributed by atoms with Gasteiger partial charge in [0.05, 0.1) is 5.69 Å². The smallest absolute Gasteiger partial charge is 0.198 e. The minimum atomic E-state index is -0.0839. The van der Waals surface area contributed by atoms with Crippen molar-refractivity contribution in [1.29, 1.82) is 0 Å². The molecular weight excluding hydrogens is 856 g/mol. The highest BCUT2D eigenvalue weighted by Crippen LogP contribution is 2.51. The molecule has 0 spiro atoms. The Balaban J connectivity index is 1.29. The molecule has 0 aromatic heterocycles. The molecule has 10 rings (SSSR count). The Morgan fingerprint density at radius 3 is 2.10 bits per heavy atom. The fraction of sp³-hybridized carbons (Fsp3) is 0.294. The van der Waals surface area contributed by atoms with Gasteiger partial charge in [0.15, 0.2) is 7.28 Å². The minimum absolute atomic E-state index is 0.0104. The third-order valence-electron chi connectivity index (χ3n) is 16.9. The fourth-order valence-electron chi connectivity index (χ4n) is 12.3. The van der Waals surface area contributed by atoms with E-state index in [1.54, 1.807) is 0 Å². The van der Waals surface area contributed by atoms with Crippen molar-refractivity contribution in [3.63, 3.8) is 0 Å². The van der Waals surface area contributed by atoms with Crippen molar-refractivity contribution >= 4 is 47.0 Å². The molecule has 0 atom stereocenters. The maximum absolute atomic E-state index is 4.86. The predicted molar refractivity (Wildman–Crippen MR) is 311 cm³/mol. The molecule has 0 saturated carbocycles. The summed E-state index contributed by atoms with van der Waals surface area (Å²) in [5.41, 5.74) is 28.3. The zero-order valence-corrected chi connectivity index (χ0v) is 44.5. The maximum atomic E-state index is 4.86. The lowest BCUT2D eigenvalue weighted by Gasteiger charge is -2.42. The minimum Gasteiger partial charge on any atom is -0.355 e. The standard InChI is InChI=1S/C68H73BN2/c1-14-15-16-17-23-47-27-32-58-60(38-47)71(59-37-45(4)66(8,9)34-33-65(6,7)42-44(59)3)61-41-54(50-25-20-18-22-43(50)2)46(5)62(63(61)69-58)53-30-29-52-51-26-21-19-24-48(51)39-55(52)64(53)70-49-28-31-56-57(40-49)68(12,13)36-35-67(56,10)11/h14-32,37-38,40-42,69-70H,1,4,33-36,39H2,2-3,5-13H3/b16-15-,23-17?,44-42?,59-37+. The number of aryl methyl sites for hydroxylation is 1. The molecule has 0 fully saturated rings. The summed E-state index contributed by atoms with van der Waals surface area (Å²) in [6.07, 6.45) is 20.5. The molecular formula is C68H73BN2. The Bertz CT molecular complexity index is 3300. The summed E-state index contributed by atoms with van der Waals surface area (Å²) in [5, 5.41) is 4.24. The van der Waals surface area contributed by atoms with Crippen LogP contribution < -0.4 is 21.1 Å². The van der Waals surface area contributed by atoms with E-state index in [0.717, 1.165) is 43.4 Å². The van der Waals surface area contributed by atoms with Crippen LogP contribution in [0.15, 0.2) is 170 Å². The van der Waals surface area contributed by atoms with Crippen LogP contribution in [0.4, 0.5) is 22.7 Å². The summed E-state index contributed by atoms with van der Waals surface area (Å²) >= 11 is 0. The van der Waals surface area contributed by atoms with Crippen LogP contribution in [0.1, 0.15) is 127 Å². The van der Waals surface area contributed by atoms with Gasteiger partial charge in [0.2, 0.25) is 0 Å². The number of rotatable bonds is 8. The summed E-state index contributed by atoms with van der Waals surface area (Å²) in [7, 11) is 0.790. The Morgan fingerprint density at radius 2 is 1.34 bits per heavy atom. The summed E-state index contributed by atoms with van der Waals surface area (Å²) in [4.78, 5) is 2.62. The first kappa shape index (κ1) is 48.1. The maximum Gasteiger partial charge on any atom is 0.198 e. The quantitative estimate of drug-likeness (QED) is 0.121. The molecule has 1 N–H and O–H groups in total. The van der Waals surface area contributed by atoms with Crippen molar-refractivity contribution in [2.75, 3.05) is 10.2 Å². The number of fused-ring (bicyclic) bond motifs is 6. The van der Waals surface area contributed by atoms with Gasteiger partial charge >= 0.3 is 0 Å². The Morgan fingerprint density at radius 1 is 0.634 bits per heavy atom. The van der Waals surface area contributed by atoms with E-state index < -0.39 is 0 Å². The average molecular weight is 929 g/mol. The molecule has 6 aromatic rings. The largest absolute Gasteiger partial charge is 0.355 e. The Labute approximate surface area is 427 Å². The molecule has 1 aliphatic heterocycles. The highest BCUT2D eigenvalue weighted by atomic mass is 15.2. The van der Waals surface area contributed by atoms with Crippen molar-refractivity contribution in [2.45, 2.75) is 119 Å². The first-order valence-corrected chi connectivity index (χ1v) is 26.2. The molecule has 71 heavy (non-hydrogen) atoms. The van der Waals surface area contributed by atoms with Gasteiger partial charge in [0, 0.05) is 34.7 Å². The predicted octanol–water partition coefficient (Wildman–Crippen LogP) is 17.1. The molecule has 3 heteroatoms. The monoisotopic (exact) mass is 929 g/mol. The lowest BCUT2D eigenvalue weighted by Crippen LogP contribution is -2.43. The number of nitrogens with one attached hydrogen (secondary N) is 1. The third-order valence-corrected chi connectivity index (χ3v) is 16.9. The van der Waals surface area contributed by atoms with Gasteiger partial charge in [-0.25, -0.2) is 0 Å². The average Bonchev–Trinajstić information content (AvgIpc) is 3.72. The van der Waals surface area contributed by atoms with Crippen LogP contribution in [0.5, 0.6) is 0 Å². The molecule has 3 aliphatic carbocycles. The number of allylic oxidation sites excluding steroid dienone is 8. The third kappa shape index (κ3) is 8.74. The van der Waals surface area contributed by atoms with E-state index in [1.807, 2.05) is 12.2 Å². The number of hydrogen-bond acceptors (Lipinski definition) is 2. The topological polar surface area (TPSA) is 15.3 Å². The van der Waals surface area contributed by atoms with Crippen LogP contribution in [0.3, 0.4) is 0 Å². The van der Waals surface area contributed by atoms with E-state index in [2.05, 4.69) is 226 Å². The van der Waals surface area contributed by atoms with Crippen LogP contribution in [-0.4, -0.2) is 7.28 Å².